The molecule has 0 aliphatic rings. The van der Waals surface area contributed by atoms with Crippen molar-refractivity contribution in [1.82, 2.24) is 0 Å². The zero-order chi connectivity index (χ0) is 26.9. The fraction of sp³-hybridized carbons (Fsp3) is 0.200. The number of hydrogen-bond acceptors (Lipinski definition) is 0. The molecule has 0 aliphatic heterocycles. The molecule has 0 unspecified atom stereocenters. The topological polar surface area (TPSA) is 0 Å². The van der Waals surface area contributed by atoms with Gasteiger partial charge in [0.2, 0.25) is 0 Å². The van der Waals surface area contributed by atoms with Crippen LogP contribution in [0.3, 0.4) is 0 Å². The molecule has 0 nitrogen and oxygen atoms in total. The van der Waals surface area contributed by atoms with Crippen LogP contribution in [-0.4, -0.2) is 0 Å². The molecule has 4 aromatic rings. The first kappa shape index (κ1) is 28.7. The summed E-state index contributed by atoms with van der Waals surface area (Å²) in [4.78, 5) is 0. The predicted octanol–water partition coefficient (Wildman–Crippen LogP) is 10.00. The molecule has 0 bridgehead atoms. The first-order chi connectivity index (χ1) is 16.8. The van der Waals surface area contributed by atoms with E-state index in [1.54, 1.807) is 0 Å². The molecule has 0 N–H and O–H groups in total. The summed E-state index contributed by atoms with van der Waals surface area (Å²) in [5.41, 5.74) is 3.89. The van der Waals surface area contributed by atoms with Crippen LogP contribution in [-0.2, 0) is 12.4 Å². The molecule has 0 spiro atoms. The van der Waals surface area contributed by atoms with Crippen LogP contribution in [0.25, 0.3) is 11.1 Å². The van der Waals surface area contributed by atoms with Gasteiger partial charge in [0.05, 0.1) is 11.1 Å². The maximum atomic E-state index is 12.2. The summed E-state index contributed by atoms with van der Waals surface area (Å²) in [5.74, 6) is 0. The van der Waals surface area contributed by atoms with E-state index in [0.29, 0.717) is 12.1 Å². The van der Waals surface area contributed by atoms with Gasteiger partial charge in [-0.25, -0.2) is 0 Å². The Morgan fingerprint density at radius 3 is 1.08 bits per heavy atom. The summed E-state index contributed by atoms with van der Waals surface area (Å²) >= 11 is 0. The van der Waals surface area contributed by atoms with Gasteiger partial charge in [0.1, 0.15) is 0 Å². The Labute approximate surface area is 208 Å². The minimum absolute atomic E-state index is 0.0721. The first-order valence-electron chi connectivity index (χ1n) is 11.2. The van der Waals surface area contributed by atoms with E-state index in [0.717, 1.165) is 0 Å². The van der Waals surface area contributed by atoms with Crippen LogP contribution < -0.4 is 0 Å². The van der Waals surface area contributed by atoms with Crippen molar-refractivity contribution < 1.29 is 26.3 Å². The van der Waals surface area contributed by atoms with E-state index in [4.69, 9.17) is 0 Å². The van der Waals surface area contributed by atoms with Gasteiger partial charge in [-0.1, -0.05) is 95.6 Å². The van der Waals surface area contributed by atoms with E-state index in [-0.39, 0.29) is 11.6 Å². The Morgan fingerprint density at radius 1 is 0.389 bits per heavy atom. The first-order valence-corrected chi connectivity index (χ1v) is 11.2. The number of rotatable bonds is 1. The molecule has 36 heavy (non-hydrogen) atoms. The quantitative estimate of drug-likeness (QED) is 0.227. The summed E-state index contributed by atoms with van der Waals surface area (Å²) in [5, 5.41) is 0. The minimum atomic E-state index is -4.76. The number of aryl methyl sites for hydroxylation is 4. The highest BCUT2D eigenvalue weighted by atomic mass is 19.4. The van der Waals surface area contributed by atoms with Crippen LogP contribution >= 0.6 is 0 Å². The maximum Gasteiger partial charge on any atom is 0.416 e. The third kappa shape index (κ3) is 9.61. The maximum absolute atomic E-state index is 12.2. The zero-order valence-corrected chi connectivity index (χ0v) is 20.5. The largest absolute Gasteiger partial charge is 0.416 e. The number of benzene rings is 4. The Morgan fingerprint density at radius 2 is 0.722 bits per heavy atom. The molecule has 6 heteroatoms. The van der Waals surface area contributed by atoms with E-state index in [1.807, 2.05) is 6.07 Å². The molecular formula is C30H28F6. The van der Waals surface area contributed by atoms with Crippen molar-refractivity contribution in [2.45, 2.75) is 40.0 Å². The lowest BCUT2D eigenvalue weighted by molar-refractivity contribution is -0.143. The molecule has 0 heterocycles. The average molecular weight is 503 g/mol. The molecule has 0 aliphatic carbocycles. The third-order valence-electron chi connectivity index (χ3n) is 5.11. The standard InChI is InChI=1S/C13H12.C9H6F6.C8H10/c1-11-7-9-13(10-8-11)12-5-3-2-4-6-12;1-5-2-6(8(10,11)12)4-7(3-5)9(13,14)15;1-7-3-5-8(2)6-4-7/h2-10H,1H3;2-4H,1H3;3-6H,1-2H3. The van der Waals surface area contributed by atoms with E-state index in [1.165, 1.54) is 34.7 Å². The van der Waals surface area contributed by atoms with Crippen LogP contribution in [0.5, 0.6) is 0 Å². The van der Waals surface area contributed by atoms with Gasteiger partial charge in [-0.15, -0.1) is 0 Å². The fourth-order valence-corrected chi connectivity index (χ4v) is 3.12. The molecule has 0 radical (unpaired) electrons. The van der Waals surface area contributed by atoms with Gasteiger partial charge < -0.3 is 0 Å². The second kappa shape index (κ2) is 12.4. The molecule has 0 aromatic heterocycles. The number of alkyl halides is 6. The van der Waals surface area contributed by atoms with Crippen molar-refractivity contribution in [1.29, 1.82) is 0 Å². The van der Waals surface area contributed by atoms with Gasteiger partial charge in [-0.05, 0) is 62.6 Å². The lowest BCUT2D eigenvalue weighted by atomic mass is 10.0. The number of halogens is 6. The van der Waals surface area contributed by atoms with Gasteiger partial charge in [-0.3, -0.25) is 0 Å². The predicted molar refractivity (Wildman–Crippen MR) is 134 cm³/mol. The average Bonchev–Trinajstić information content (AvgIpc) is 2.81. The molecular weight excluding hydrogens is 474 g/mol. The van der Waals surface area contributed by atoms with Crippen LogP contribution in [0.4, 0.5) is 26.3 Å². The second-order valence-electron chi connectivity index (χ2n) is 8.47. The van der Waals surface area contributed by atoms with Crippen molar-refractivity contribution in [3.63, 3.8) is 0 Å². The molecule has 4 rings (SSSR count). The fourth-order valence-electron chi connectivity index (χ4n) is 3.12. The highest BCUT2D eigenvalue weighted by Crippen LogP contribution is 2.36. The van der Waals surface area contributed by atoms with Crippen molar-refractivity contribution in [2.75, 3.05) is 0 Å². The summed E-state index contributed by atoms with van der Waals surface area (Å²) in [7, 11) is 0. The minimum Gasteiger partial charge on any atom is -0.166 e. The summed E-state index contributed by atoms with van der Waals surface area (Å²) in [6.45, 7) is 7.48. The highest BCUT2D eigenvalue weighted by molar-refractivity contribution is 5.63. The summed E-state index contributed by atoms with van der Waals surface area (Å²) < 4.78 is 73.0. The molecule has 0 amide bonds. The van der Waals surface area contributed by atoms with Crippen LogP contribution in [0.1, 0.15) is 33.4 Å². The highest BCUT2D eigenvalue weighted by Gasteiger charge is 2.36. The Hall–Kier alpha value is -3.54. The molecule has 0 fully saturated rings. The van der Waals surface area contributed by atoms with Crippen molar-refractivity contribution in [3.8, 4) is 11.1 Å². The van der Waals surface area contributed by atoms with Crippen molar-refractivity contribution in [2.24, 2.45) is 0 Å². The molecule has 190 valence electrons. The Kier molecular flexibility index (Phi) is 9.91. The zero-order valence-electron chi connectivity index (χ0n) is 20.5. The SMILES string of the molecule is Cc1cc(C(F)(F)F)cc(C(F)(F)F)c1.Cc1ccc(-c2ccccc2)cc1.Cc1ccc(C)cc1. The monoisotopic (exact) mass is 502 g/mol. The second-order valence-corrected chi connectivity index (χ2v) is 8.47. The Bertz CT molecular complexity index is 1150. The lowest BCUT2D eigenvalue weighted by Crippen LogP contribution is -2.11. The van der Waals surface area contributed by atoms with E-state index < -0.39 is 23.5 Å². The molecule has 0 atom stereocenters. The molecule has 0 saturated carbocycles. The Balaban J connectivity index is 0.000000198. The van der Waals surface area contributed by atoms with E-state index >= 15 is 0 Å². The smallest absolute Gasteiger partial charge is 0.166 e. The molecule has 0 saturated heterocycles. The van der Waals surface area contributed by atoms with Gasteiger partial charge in [0.15, 0.2) is 0 Å². The van der Waals surface area contributed by atoms with Crippen molar-refractivity contribution in [3.05, 3.63) is 130 Å². The van der Waals surface area contributed by atoms with Crippen molar-refractivity contribution >= 4 is 0 Å². The normalized spacial score (nSPS) is 11.1. The van der Waals surface area contributed by atoms with Gasteiger partial charge in [0, 0.05) is 0 Å². The van der Waals surface area contributed by atoms with Crippen LogP contribution in [0, 0.1) is 27.7 Å². The van der Waals surface area contributed by atoms with Gasteiger partial charge in [-0.2, -0.15) is 26.3 Å². The molecule has 4 aromatic carbocycles. The van der Waals surface area contributed by atoms with E-state index in [2.05, 4.69) is 93.6 Å². The summed E-state index contributed by atoms with van der Waals surface area (Å²) in [6, 6.07) is 29.0. The van der Waals surface area contributed by atoms with Gasteiger partial charge in [0.25, 0.3) is 0 Å². The van der Waals surface area contributed by atoms with Crippen LogP contribution in [0.15, 0.2) is 97.1 Å². The van der Waals surface area contributed by atoms with E-state index in [9.17, 15) is 26.3 Å². The lowest BCUT2D eigenvalue weighted by Gasteiger charge is -2.12. The van der Waals surface area contributed by atoms with Gasteiger partial charge >= 0.3 is 12.4 Å². The van der Waals surface area contributed by atoms with Crippen LogP contribution in [0.2, 0.25) is 0 Å². The summed E-state index contributed by atoms with van der Waals surface area (Å²) in [6.07, 6.45) is -9.52. The number of hydrogen-bond donors (Lipinski definition) is 0. The third-order valence-corrected chi connectivity index (χ3v) is 5.11.